The van der Waals surface area contributed by atoms with Gasteiger partial charge in [-0.1, -0.05) is 38.1 Å². The van der Waals surface area contributed by atoms with E-state index < -0.39 is 5.97 Å². The molecule has 0 bridgehead atoms. The van der Waals surface area contributed by atoms with Crippen LogP contribution in [0.1, 0.15) is 36.7 Å². The van der Waals surface area contributed by atoms with E-state index in [1.807, 2.05) is 13.8 Å². The molecule has 1 aromatic carbocycles. The molecule has 0 spiro atoms. The molecule has 0 saturated carbocycles. The van der Waals surface area contributed by atoms with Crippen molar-refractivity contribution in [3.05, 3.63) is 41.5 Å². The van der Waals surface area contributed by atoms with Crippen LogP contribution in [0.2, 0.25) is 0 Å². The fourth-order valence-corrected chi connectivity index (χ4v) is 1.36. The number of hydrogen-bond acceptors (Lipinski definition) is 4. The van der Waals surface area contributed by atoms with Gasteiger partial charge in [-0.3, -0.25) is 4.79 Å². The van der Waals surface area contributed by atoms with Crippen molar-refractivity contribution in [3.63, 3.8) is 0 Å². The van der Waals surface area contributed by atoms with Gasteiger partial charge in [-0.05, 0) is 6.92 Å². The molecule has 0 radical (unpaired) electrons. The average molecular weight is 264 g/mol. The Balaban J connectivity index is 0.00000154. The molecule has 0 aliphatic carbocycles. The number of rotatable bonds is 5. The highest BCUT2D eigenvalue weighted by Crippen LogP contribution is 2.18. The van der Waals surface area contributed by atoms with Gasteiger partial charge in [0, 0.05) is 11.1 Å². The zero-order valence-corrected chi connectivity index (χ0v) is 11.8. The molecule has 0 aliphatic rings. The molecule has 0 amide bonds. The van der Waals surface area contributed by atoms with Gasteiger partial charge in [0.2, 0.25) is 0 Å². The number of carbonyl (C=O) groups excluding carboxylic acids is 2. The van der Waals surface area contributed by atoms with Crippen molar-refractivity contribution in [2.24, 2.45) is 0 Å². The van der Waals surface area contributed by atoms with E-state index in [9.17, 15) is 9.59 Å². The van der Waals surface area contributed by atoms with Gasteiger partial charge >= 0.3 is 5.97 Å². The number of ether oxygens (including phenoxy) is 2. The van der Waals surface area contributed by atoms with Crippen molar-refractivity contribution in [3.8, 4) is 0 Å². The van der Waals surface area contributed by atoms with Gasteiger partial charge in [0.15, 0.2) is 6.29 Å². The molecule has 0 atom stereocenters. The third-order valence-electron chi connectivity index (χ3n) is 2.11. The summed E-state index contributed by atoms with van der Waals surface area (Å²) in [6.07, 6.45) is 1.94. The van der Waals surface area contributed by atoms with Crippen LogP contribution >= 0.6 is 0 Å². The van der Waals surface area contributed by atoms with Gasteiger partial charge in [-0.25, -0.2) is 4.79 Å². The van der Waals surface area contributed by atoms with Crippen LogP contribution in [0, 0.1) is 0 Å². The smallest absolute Gasteiger partial charge is 0.334 e. The molecule has 104 valence electrons. The Morgan fingerprint density at radius 1 is 1.26 bits per heavy atom. The van der Waals surface area contributed by atoms with Gasteiger partial charge < -0.3 is 9.47 Å². The highest BCUT2D eigenvalue weighted by Gasteiger charge is 2.09. The fourth-order valence-electron chi connectivity index (χ4n) is 1.36. The second-order valence-corrected chi connectivity index (χ2v) is 3.17. The van der Waals surface area contributed by atoms with E-state index in [1.165, 1.54) is 13.2 Å². The van der Waals surface area contributed by atoms with Gasteiger partial charge in [-0.2, -0.15) is 0 Å². The minimum atomic E-state index is -0.495. The van der Waals surface area contributed by atoms with Crippen LogP contribution in [-0.2, 0) is 14.3 Å². The Labute approximate surface area is 114 Å². The van der Waals surface area contributed by atoms with E-state index >= 15 is 0 Å². The van der Waals surface area contributed by atoms with Crippen LogP contribution in [0.4, 0.5) is 0 Å². The van der Waals surface area contributed by atoms with E-state index in [0.717, 1.165) is 0 Å². The van der Waals surface area contributed by atoms with Crippen LogP contribution < -0.4 is 0 Å². The predicted octanol–water partition coefficient (Wildman–Crippen LogP) is 3.08. The average Bonchev–Trinajstić information content (AvgIpc) is 2.47. The van der Waals surface area contributed by atoms with Crippen LogP contribution in [0.15, 0.2) is 30.3 Å². The number of esters is 1. The molecule has 0 fully saturated rings. The molecule has 1 rings (SSSR count). The Morgan fingerprint density at radius 3 is 2.42 bits per heavy atom. The van der Waals surface area contributed by atoms with E-state index in [0.29, 0.717) is 29.8 Å². The van der Waals surface area contributed by atoms with Crippen LogP contribution in [-0.4, -0.2) is 26.0 Å². The molecular weight excluding hydrogens is 244 g/mol. The van der Waals surface area contributed by atoms with E-state index in [1.54, 1.807) is 31.2 Å². The van der Waals surface area contributed by atoms with E-state index in [-0.39, 0.29) is 0 Å². The van der Waals surface area contributed by atoms with Crippen LogP contribution in [0.5, 0.6) is 0 Å². The van der Waals surface area contributed by atoms with Gasteiger partial charge in [0.05, 0.1) is 19.8 Å². The quantitative estimate of drug-likeness (QED) is 0.355. The number of hydrogen-bond donors (Lipinski definition) is 0. The standard InChI is InChI=1S/C13H14O4.C2H6/c1-3-17-13(15)8-12(16-2)11-7-5-4-6-10(11)9-14;1-2/h4-9H,3H2,1-2H3;1-2H3/b12-8+;. The second kappa shape index (κ2) is 9.88. The van der Waals surface area contributed by atoms with E-state index in [2.05, 4.69) is 0 Å². The summed E-state index contributed by atoms with van der Waals surface area (Å²) >= 11 is 0. The lowest BCUT2D eigenvalue weighted by Gasteiger charge is -2.08. The first-order valence-electron chi connectivity index (χ1n) is 6.20. The lowest BCUT2D eigenvalue weighted by atomic mass is 10.1. The summed E-state index contributed by atoms with van der Waals surface area (Å²) in [5, 5.41) is 0. The first kappa shape index (κ1) is 16.9. The molecule has 0 heterocycles. The number of benzene rings is 1. The highest BCUT2D eigenvalue weighted by atomic mass is 16.5. The number of methoxy groups -OCH3 is 1. The zero-order valence-electron chi connectivity index (χ0n) is 11.8. The van der Waals surface area contributed by atoms with Crippen LogP contribution in [0.25, 0.3) is 5.76 Å². The second-order valence-electron chi connectivity index (χ2n) is 3.17. The molecule has 4 nitrogen and oxygen atoms in total. The van der Waals surface area contributed by atoms with E-state index in [4.69, 9.17) is 9.47 Å². The Hall–Kier alpha value is -2.10. The van der Waals surface area contributed by atoms with Crippen molar-refractivity contribution in [2.45, 2.75) is 20.8 Å². The lowest BCUT2D eigenvalue weighted by Crippen LogP contribution is -2.03. The molecule has 0 N–H and O–H groups in total. The largest absolute Gasteiger partial charge is 0.496 e. The summed E-state index contributed by atoms with van der Waals surface area (Å²) in [6.45, 7) is 6.01. The summed E-state index contributed by atoms with van der Waals surface area (Å²) in [5.74, 6) is -0.184. The summed E-state index contributed by atoms with van der Waals surface area (Å²) in [7, 11) is 1.44. The molecule has 0 aliphatic heterocycles. The third-order valence-corrected chi connectivity index (χ3v) is 2.11. The SMILES string of the molecule is CC.CCOC(=O)/C=C(/OC)c1ccccc1C=O. The minimum Gasteiger partial charge on any atom is -0.496 e. The topological polar surface area (TPSA) is 52.6 Å². The van der Waals surface area contributed by atoms with Gasteiger partial charge in [0.25, 0.3) is 0 Å². The van der Waals surface area contributed by atoms with Crippen molar-refractivity contribution >= 4 is 18.0 Å². The van der Waals surface area contributed by atoms with Crippen molar-refractivity contribution in [1.82, 2.24) is 0 Å². The maximum Gasteiger partial charge on any atom is 0.334 e. The first-order chi connectivity index (χ1) is 9.22. The Morgan fingerprint density at radius 2 is 1.89 bits per heavy atom. The maximum absolute atomic E-state index is 11.3. The zero-order chi connectivity index (χ0) is 14.7. The molecule has 19 heavy (non-hydrogen) atoms. The molecule has 0 unspecified atom stereocenters. The van der Waals surface area contributed by atoms with Gasteiger partial charge in [-0.15, -0.1) is 0 Å². The molecule has 1 aromatic rings. The number of carbonyl (C=O) groups is 2. The van der Waals surface area contributed by atoms with Crippen LogP contribution in [0.3, 0.4) is 0 Å². The first-order valence-corrected chi connectivity index (χ1v) is 6.20. The fraction of sp³-hybridized carbons (Fsp3) is 0.333. The highest BCUT2D eigenvalue weighted by molar-refractivity contribution is 5.93. The van der Waals surface area contributed by atoms with Gasteiger partial charge in [0.1, 0.15) is 5.76 Å². The summed E-state index contributed by atoms with van der Waals surface area (Å²) < 4.78 is 9.88. The van der Waals surface area contributed by atoms with Crippen molar-refractivity contribution < 1.29 is 19.1 Å². The summed E-state index contributed by atoms with van der Waals surface area (Å²) in [5.41, 5.74) is 1.03. The maximum atomic E-state index is 11.3. The summed E-state index contributed by atoms with van der Waals surface area (Å²) in [6, 6.07) is 6.86. The lowest BCUT2D eigenvalue weighted by molar-refractivity contribution is -0.137. The molecule has 0 saturated heterocycles. The molecule has 0 aromatic heterocycles. The normalized spacial score (nSPS) is 10.0. The van der Waals surface area contributed by atoms with Crippen molar-refractivity contribution in [1.29, 1.82) is 0 Å². The predicted molar refractivity (Wildman–Crippen MR) is 74.8 cm³/mol. The minimum absolute atomic E-state index is 0.293. The van der Waals surface area contributed by atoms with Crippen molar-refractivity contribution in [2.75, 3.05) is 13.7 Å². The Kier molecular flexibility index (Phi) is 8.79. The third kappa shape index (κ3) is 5.38. The summed E-state index contributed by atoms with van der Waals surface area (Å²) in [4.78, 5) is 22.2. The molecular formula is C15H20O4. The Bertz CT molecular complexity index is 436. The molecule has 4 heteroatoms. The monoisotopic (exact) mass is 264 g/mol. The number of aldehydes is 1.